The summed E-state index contributed by atoms with van der Waals surface area (Å²) in [7, 11) is -3.96. The van der Waals surface area contributed by atoms with E-state index in [0.29, 0.717) is 40.8 Å². The first-order valence-corrected chi connectivity index (χ1v) is 17.4. The van der Waals surface area contributed by atoms with Crippen LogP contribution < -0.4 is 9.03 Å². The highest BCUT2D eigenvalue weighted by molar-refractivity contribution is 7.92. The molecule has 0 unspecified atom stereocenters. The minimum Gasteiger partial charge on any atom is -0.303 e. The lowest BCUT2D eigenvalue weighted by atomic mass is 9.83. The SMILES string of the molecule is O=C1CN(c2ccc(-n3cc(-c4ccc(C(F)(F)F)cc4)nc3Cc3ccc(-c4ccc(C5CCCCC5)cc4)cc3)cc2)S(=O)(=O)N1. The maximum atomic E-state index is 13.2. The van der Waals surface area contributed by atoms with Gasteiger partial charge in [-0.25, -0.2) is 14.0 Å². The molecular formula is C37H33F3N4O3S. The Morgan fingerprint density at radius 3 is 1.92 bits per heavy atom. The summed E-state index contributed by atoms with van der Waals surface area (Å²) in [4.78, 5) is 16.6. The van der Waals surface area contributed by atoms with Gasteiger partial charge in [0.2, 0.25) is 0 Å². The third-order valence-electron chi connectivity index (χ3n) is 9.16. The van der Waals surface area contributed by atoms with Gasteiger partial charge in [0.05, 0.1) is 16.9 Å². The van der Waals surface area contributed by atoms with Crippen molar-refractivity contribution < 1.29 is 26.4 Å². The Bertz CT molecular complexity index is 2030. The molecule has 2 fully saturated rings. The summed E-state index contributed by atoms with van der Waals surface area (Å²) in [5.41, 5.74) is 5.92. The van der Waals surface area contributed by atoms with Gasteiger partial charge >= 0.3 is 16.4 Å². The first-order valence-electron chi connectivity index (χ1n) is 15.9. The molecule has 1 amide bonds. The Kier molecular flexibility index (Phi) is 8.32. The minimum atomic E-state index is -4.45. The number of hydrogen-bond acceptors (Lipinski definition) is 4. The number of aromatic nitrogens is 2. The molecule has 2 aliphatic rings. The van der Waals surface area contributed by atoms with E-state index in [4.69, 9.17) is 4.98 Å². The molecule has 1 aliphatic carbocycles. The number of hydrogen-bond donors (Lipinski definition) is 1. The zero-order valence-electron chi connectivity index (χ0n) is 26.0. The molecule has 7 nitrogen and oxygen atoms in total. The number of anilines is 1. The lowest BCUT2D eigenvalue weighted by Crippen LogP contribution is -2.29. The monoisotopic (exact) mass is 670 g/mol. The summed E-state index contributed by atoms with van der Waals surface area (Å²) in [6.45, 7) is -0.309. The first-order chi connectivity index (χ1) is 23.0. The fourth-order valence-electron chi connectivity index (χ4n) is 6.57. The van der Waals surface area contributed by atoms with Crippen molar-refractivity contribution in [3.8, 4) is 28.1 Å². The van der Waals surface area contributed by atoms with E-state index < -0.39 is 27.9 Å². The maximum absolute atomic E-state index is 13.2. The molecule has 0 bridgehead atoms. The number of rotatable bonds is 7. The fourth-order valence-corrected chi connectivity index (χ4v) is 7.72. The molecule has 5 aromatic rings. The van der Waals surface area contributed by atoms with Gasteiger partial charge in [0.1, 0.15) is 12.4 Å². The van der Waals surface area contributed by atoms with Crippen molar-refractivity contribution in [1.29, 1.82) is 0 Å². The molecule has 48 heavy (non-hydrogen) atoms. The van der Waals surface area contributed by atoms with Gasteiger partial charge in [-0.15, -0.1) is 0 Å². The van der Waals surface area contributed by atoms with Crippen LogP contribution in [0.1, 0.15) is 60.5 Å². The van der Waals surface area contributed by atoms with Crippen LogP contribution in [0.4, 0.5) is 18.9 Å². The van der Waals surface area contributed by atoms with E-state index >= 15 is 0 Å². The third kappa shape index (κ3) is 6.60. The van der Waals surface area contributed by atoms with Crippen LogP contribution in [0.3, 0.4) is 0 Å². The lowest BCUT2D eigenvalue weighted by Gasteiger charge is -2.22. The molecule has 1 saturated carbocycles. The number of carbonyl (C=O) groups excluding carboxylic acids is 1. The smallest absolute Gasteiger partial charge is 0.303 e. The zero-order valence-corrected chi connectivity index (χ0v) is 26.8. The molecule has 11 heteroatoms. The second-order valence-electron chi connectivity index (χ2n) is 12.4. The quantitative estimate of drug-likeness (QED) is 0.190. The maximum Gasteiger partial charge on any atom is 0.416 e. The summed E-state index contributed by atoms with van der Waals surface area (Å²) >= 11 is 0. The molecular weight excluding hydrogens is 637 g/mol. The van der Waals surface area contributed by atoms with E-state index in [2.05, 4.69) is 36.4 Å². The predicted molar refractivity (Wildman–Crippen MR) is 179 cm³/mol. The van der Waals surface area contributed by atoms with E-state index in [-0.39, 0.29) is 6.54 Å². The number of imidazole rings is 1. The molecule has 4 aromatic carbocycles. The second-order valence-corrected chi connectivity index (χ2v) is 14.0. The molecule has 2 heterocycles. The van der Waals surface area contributed by atoms with E-state index in [1.807, 2.05) is 21.4 Å². The van der Waals surface area contributed by atoms with Gasteiger partial charge < -0.3 is 4.57 Å². The Balaban J connectivity index is 1.17. The highest BCUT2D eigenvalue weighted by Gasteiger charge is 2.34. The normalized spacial score (nSPS) is 16.6. The highest BCUT2D eigenvalue weighted by Crippen LogP contribution is 2.34. The van der Waals surface area contributed by atoms with Crippen molar-refractivity contribution in [2.24, 2.45) is 0 Å². The van der Waals surface area contributed by atoms with Gasteiger partial charge in [-0.2, -0.15) is 21.6 Å². The molecule has 246 valence electrons. The summed E-state index contributed by atoms with van der Waals surface area (Å²) in [6.07, 6.45) is 4.18. The van der Waals surface area contributed by atoms with Crippen molar-refractivity contribution in [2.45, 2.75) is 50.6 Å². The van der Waals surface area contributed by atoms with Gasteiger partial charge in [-0.1, -0.05) is 79.9 Å². The molecule has 0 atom stereocenters. The number of halogens is 3. The van der Waals surface area contributed by atoms with Crippen LogP contribution >= 0.6 is 0 Å². The van der Waals surface area contributed by atoms with Crippen molar-refractivity contribution in [2.75, 3.05) is 10.8 Å². The van der Waals surface area contributed by atoms with Crippen LogP contribution in [0.15, 0.2) is 103 Å². The van der Waals surface area contributed by atoms with Crippen LogP contribution in [-0.4, -0.2) is 30.4 Å². The van der Waals surface area contributed by atoms with E-state index in [9.17, 15) is 26.4 Å². The first kappa shape index (κ1) is 31.7. The summed E-state index contributed by atoms with van der Waals surface area (Å²) < 4.78 is 69.1. The Morgan fingerprint density at radius 2 is 1.33 bits per heavy atom. The summed E-state index contributed by atoms with van der Waals surface area (Å²) in [6, 6.07) is 28.6. The summed E-state index contributed by atoms with van der Waals surface area (Å²) in [5.74, 6) is 0.685. The standard InChI is InChI=1S/C37H33F3N4O3S/c38-37(39,40)31-16-14-30(15-17-31)34-23-43(32-18-20-33(21-19-32)44-24-36(45)42-48(44,46)47)35(41-34)22-25-6-8-27(9-7-25)29-12-10-28(11-13-29)26-4-2-1-3-5-26/h6-21,23,26H,1-5,22,24H2,(H,42,45). The molecule has 1 aliphatic heterocycles. The largest absolute Gasteiger partial charge is 0.416 e. The Hall–Kier alpha value is -4.90. The van der Waals surface area contributed by atoms with Crippen LogP contribution in [0.5, 0.6) is 0 Å². The number of alkyl halides is 3. The van der Waals surface area contributed by atoms with Crippen molar-refractivity contribution >= 4 is 21.8 Å². The van der Waals surface area contributed by atoms with Gasteiger partial charge in [0.25, 0.3) is 5.91 Å². The Labute approximate surface area is 277 Å². The van der Waals surface area contributed by atoms with Gasteiger partial charge in [-0.3, -0.25) is 4.79 Å². The molecule has 0 radical (unpaired) electrons. The second kappa shape index (κ2) is 12.6. The van der Waals surface area contributed by atoms with Crippen LogP contribution in [0.2, 0.25) is 0 Å². The zero-order chi connectivity index (χ0) is 33.5. The number of nitrogens with zero attached hydrogens (tertiary/aromatic N) is 3. The fraction of sp³-hybridized carbons (Fsp3) is 0.243. The van der Waals surface area contributed by atoms with Crippen LogP contribution in [-0.2, 0) is 27.6 Å². The highest BCUT2D eigenvalue weighted by atomic mass is 32.2. The average molecular weight is 671 g/mol. The van der Waals surface area contributed by atoms with Crippen LogP contribution in [0.25, 0.3) is 28.1 Å². The molecule has 7 rings (SSSR count). The van der Waals surface area contributed by atoms with Gasteiger partial charge in [0, 0.05) is 23.9 Å². The topological polar surface area (TPSA) is 84.3 Å². The van der Waals surface area contributed by atoms with E-state index in [1.54, 1.807) is 30.5 Å². The average Bonchev–Trinajstić information content (AvgIpc) is 3.63. The summed E-state index contributed by atoms with van der Waals surface area (Å²) in [5, 5.41) is 0. The third-order valence-corrected chi connectivity index (χ3v) is 10.6. The molecule has 1 N–H and O–H groups in total. The van der Waals surface area contributed by atoms with Crippen molar-refractivity contribution in [3.05, 3.63) is 126 Å². The predicted octanol–water partition coefficient (Wildman–Crippen LogP) is 8.04. The number of amides is 1. The van der Waals surface area contributed by atoms with Gasteiger partial charge in [0.15, 0.2) is 0 Å². The molecule has 1 saturated heterocycles. The molecule has 1 aromatic heterocycles. The number of benzene rings is 4. The minimum absolute atomic E-state index is 0.309. The van der Waals surface area contributed by atoms with Crippen molar-refractivity contribution in [3.63, 3.8) is 0 Å². The number of carbonyl (C=O) groups is 1. The lowest BCUT2D eigenvalue weighted by molar-refractivity contribution is -0.137. The Morgan fingerprint density at radius 1 is 0.750 bits per heavy atom. The van der Waals surface area contributed by atoms with E-state index in [1.165, 1.54) is 49.8 Å². The molecule has 0 spiro atoms. The van der Waals surface area contributed by atoms with Gasteiger partial charge in [-0.05, 0) is 77.4 Å². The van der Waals surface area contributed by atoms with Crippen LogP contribution in [0, 0.1) is 0 Å². The van der Waals surface area contributed by atoms with E-state index in [0.717, 1.165) is 33.1 Å². The van der Waals surface area contributed by atoms with Crippen molar-refractivity contribution in [1.82, 2.24) is 14.3 Å². The number of nitrogens with one attached hydrogen (secondary N) is 1.